The highest BCUT2D eigenvalue weighted by Crippen LogP contribution is 2.36. The first-order valence-corrected chi connectivity index (χ1v) is 12.2. The lowest BCUT2D eigenvalue weighted by Gasteiger charge is -2.16. The second-order valence-electron chi connectivity index (χ2n) is 7.48. The minimum Gasteiger partial charge on any atom is -0.493 e. The van der Waals surface area contributed by atoms with Gasteiger partial charge in [-0.2, -0.15) is 4.31 Å². The van der Waals surface area contributed by atoms with Crippen molar-refractivity contribution in [1.29, 1.82) is 0 Å². The van der Waals surface area contributed by atoms with E-state index >= 15 is 0 Å². The first kappa shape index (κ1) is 23.1. The van der Waals surface area contributed by atoms with Gasteiger partial charge in [0.1, 0.15) is 0 Å². The number of amides is 1. The lowest BCUT2D eigenvalue weighted by molar-refractivity contribution is 0.102. The Morgan fingerprint density at radius 2 is 1.61 bits per heavy atom. The number of hydrogen-bond acceptors (Lipinski definition) is 5. The summed E-state index contributed by atoms with van der Waals surface area (Å²) in [6, 6.07) is 17.9. The summed E-state index contributed by atoms with van der Waals surface area (Å²) >= 11 is 6.14. The number of nitrogens with zero attached hydrogens (tertiary/aromatic N) is 1. The van der Waals surface area contributed by atoms with Crippen molar-refractivity contribution in [2.75, 3.05) is 25.5 Å². The fourth-order valence-corrected chi connectivity index (χ4v) is 5.25. The summed E-state index contributed by atoms with van der Waals surface area (Å²) in [5.74, 6) is 0.978. The van der Waals surface area contributed by atoms with Crippen LogP contribution in [0.1, 0.15) is 23.2 Å². The summed E-state index contributed by atoms with van der Waals surface area (Å²) in [7, 11) is -2.00. The van der Waals surface area contributed by atoms with Crippen molar-refractivity contribution in [3.05, 3.63) is 77.3 Å². The van der Waals surface area contributed by atoms with Gasteiger partial charge in [-0.1, -0.05) is 23.7 Å². The maximum atomic E-state index is 12.9. The maximum absolute atomic E-state index is 12.9. The molecule has 0 bridgehead atoms. The molecule has 1 fully saturated rings. The predicted molar refractivity (Wildman–Crippen MR) is 127 cm³/mol. The van der Waals surface area contributed by atoms with Gasteiger partial charge in [0.25, 0.3) is 5.91 Å². The lowest BCUT2D eigenvalue weighted by atomic mass is 10.2. The van der Waals surface area contributed by atoms with E-state index in [0.717, 1.165) is 12.8 Å². The van der Waals surface area contributed by atoms with E-state index in [-0.39, 0.29) is 4.90 Å². The second-order valence-corrected chi connectivity index (χ2v) is 9.86. The topological polar surface area (TPSA) is 84.9 Å². The Kier molecular flexibility index (Phi) is 6.88. The number of carbonyl (C=O) groups excluding carboxylic acids is 1. The SMILES string of the molecule is COc1ccccc1Oc1ccc(Cl)cc1NC(=O)c1ccc(S(=O)(=O)N2CCCC2)cc1. The molecule has 1 amide bonds. The van der Waals surface area contributed by atoms with Crippen LogP contribution in [0.2, 0.25) is 5.02 Å². The number of carbonyl (C=O) groups is 1. The first-order chi connectivity index (χ1) is 15.9. The minimum absolute atomic E-state index is 0.170. The van der Waals surface area contributed by atoms with Gasteiger partial charge in [0.15, 0.2) is 17.2 Å². The molecule has 9 heteroatoms. The molecule has 0 saturated carbocycles. The molecule has 0 unspecified atom stereocenters. The number of sulfonamides is 1. The minimum atomic E-state index is -3.54. The summed E-state index contributed by atoms with van der Waals surface area (Å²) < 4.78 is 38.1. The van der Waals surface area contributed by atoms with Crippen LogP contribution >= 0.6 is 11.6 Å². The Morgan fingerprint density at radius 3 is 2.27 bits per heavy atom. The standard InChI is InChI=1S/C24H23ClN2O5S/c1-31-22-6-2-3-7-23(22)32-21-13-10-18(25)16-20(21)26-24(28)17-8-11-19(12-9-17)33(29,30)27-14-4-5-15-27/h2-3,6-13,16H,4-5,14-15H2,1H3,(H,26,28). The zero-order valence-electron chi connectivity index (χ0n) is 18.0. The normalized spacial score (nSPS) is 14.1. The lowest BCUT2D eigenvalue weighted by Crippen LogP contribution is -2.27. The third kappa shape index (κ3) is 5.13. The highest BCUT2D eigenvalue weighted by molar-refractivity contribution is 7.89. The number of benzene rings is 3. The van der Waals surface area contributed by atoms with Crippen molar-refractivity contribution in [3.63, 3.8) is 0 Å². The number of rotatable bonds is 7. The molecule has 33 heavy (non-hydrogen) atoms. The zero-order valence-corrected chi connectivity index (χ0v) is 19.5. The van der Waals surface area contributed by atoms with E-state index in [9.17, 15) is 13.2 Å². The molecule has 3 aromatic rings. The number of ether oxygens (including phenoxy) is 2. The van der Waals surface area contributed by atoms with Gasteiger partial charge in [0, 0.05) is 23.7 Å². The summed E-state index contributed by atoms with van der Waals surface area (Å²) in [5, 5.41) is 3.21. The van der Waals surface area contributed by atoms with Gasteiger partial charge in [-0.3, -0.25) is 4.79 Å². The Labute approximate surface area is 197 Å². The number of hydrogen-bond donors (Lipinski definition) is 1. The van der Waals surface area contributed by atoms with Gasteiger partial charge in [-0.25, -0.2) is 8.42 Å². The highest BCUT2D eigenvalue weighted by Gasteiger charge is 2.27. The van der Waals surface area contributed by atoms with Gasteiger partial charge < -0.3 is 14.8 Å². The van der Waals surface area contributed by atoms with Crippen molar-refractivity contribution in [2.45, 2.75) is 17.7 Å². The van der Waals surface area contributed by atoms with Crippen LogP contribution in [0, 0.1) is 0 Å². The van der Waals surface area contributed by atoms with Gasteiger partial charge in [0.2, 0.25) is 10.0 Å². The van der Waals surface area contributed by atoms with Crippen LogP contribution < -0.4 is 14.8 Å². The number of para-hydroxylation sites is 2. The molecule has 0 aliphatic carbocycles. The Bertz CT molecular complexity index is 1260. The molecular weight excluding hydrogens is 464 g/mol. The average Bonchev–Trinajstić information content (AvgIpc) is 3.37. The van der Waals surface area contributed by atoms with E-state index in [4.69, 9.17) is 21.1 Å². The monoisotopic (exact) mass is 486 g/mol. The van der Waals surface area contributed by atoms with Crippen LogP contribution in [-0.4, -0.2) is 38.8 Å². The van der Waals surface area contributed by atoms with Crippen molar-refractivity contribution < 1.29 is 22.7 Å². The van der Waals surface area contributed by atoms with Crippen LogP contribution in [0.4, 0.5) is 5.69 Å². The molecule has 7 nitrogen and oxygen atoms in total. The van der Waals surface area contributed by atoms with E-state index in [1.165, 1.54) is 28.6 Å². The molecule has 1 aliphatic rings. The van der Waals surface area contributed by atoms with Crippen LogP contribution in [-0.2, 0) is 10.0 Å². The third-order valence-electron chi connectivity index (χ3n) is 5.30. The number of anilines is 1. The molecule has 1 aliphatic heterocycles. The molecule has 4 rings (SSSR count). The van der Waals surface area contributed by atoms with Crippen LogP contribution in [0.25, 0.3) is 0 Å². The number of halogens is 1. The molecule has 1 saturated heterocycles. The zero-order chi connectivity index (χ0) is 23.4. The van der Waals surface area contributed by atoms with Gasteiger partial charge in [-0.05, 0) is 67.4 Å². The fourth-order valence-electron chi connectivity index (χ4n) is 3.56. The average molecular weight is 487 g/mol. The first-order valence-electron chi connectivity index (χ1n) is 10.4. The quantitative estimate of drug-likeness (QED) is 0.497. The Balaban J connectivity index is 1.54. The van der Waals surface area contributed by atoms with E-state index in [0.29, 0.717) is 46.6 Å². The summed E-state index contributed by atoms with van der Waals surface area (Å²) in [6.07, 6.45) is 1.72. The summed E-state index contributed by atoms with van der Waals surface area (Å²) in [5.41, 5.74) is 0.672. The van der Waals surface area contributed by atoms with Gasteiger partial charge in [-0.15, -0.1) is 0 Å². The molecule has 0 spiro atoms. The van der Waals surface area contributed by atoms with Crippen LogP contribution in [0.15, 0.2) is 71.6 Å². The molecule has 0 aromatic heterocycles. The number of methoxy groups -OCH3 is 1. The summed E-state index contributed by atoms with van der Waals surface area (Å²) in [4.78, 5) is 13.0. The molecule has 3 aromatic carbocycles. The highest BCUT2D eigenvalue weighted by atomic mass is 35.5. The molecule has 0 radical (unpaired) electrons. The number of nitrogens with one attached hydrogen (secondary N) is 1. The van der Waals surface area contributed by atoms with Crippen molar-refractivity contribution >= 4 is 33.2 Å². The van der Waals surface area contributed by atoms with E-state index in [2.05, 4.69) is 5.32 Å². The van der Waals surface area contributed by atoms with Crippen molar-refractivity contribution in [2.24, 2.45) is 0 Å². The third-order valence-corrected chi connectivity index (χ3v) is 7.45. The smallest absolute Gasteiger partial charge is 0.255 e. The Morgan fingerprint density at radius 1 is 0.939 bits per heavy atom. The molecule has 1 N–H and O–H groups in total. The van der Waals surface area contributed by atoms with Gasteiger partial charge in [0.05, 0.1) is 17.7 Å². The molecule has 172 valence electrons. The van der Waals surface area contributed by atoms with Crippen molar-refractivity contribution in [1.82, 2.24) is 4.31 Å². The second kappa shape index (κ2) is 9.82. The van der Waals surface area contributed by atoms with Crippen molar-refractivity contribution in [3.8, 4) is 17.2 Å². The fraction of sp³-hybridized carbons (Fsp3) is 0.208. The van der Waals surface area contributed by atoms with Crippen LogP contribution in [0.3, 0.4) is 0 Å². The van der Waals surface area contributed by atoms with Gasteiger partial charge >= 0.3 is 0 Å². The molecular formula is C24H23ClN2O5S. The summed E-state index contributed by atoms with van der Waals surface area (Å²) in [6.45, 7) is 1.04. The predicted octanol–water partition coefficient (Wildman–Crippen LogP) is 5.18. The van der Waals surface area contributed by atoms with E-state index < -0.39 is 15.9 Å². The van der Waals surface area contributed by atoms with Crippen LogP contribution in [0.5, 0.6) is 17.2 Å². The molecule has 1 heterocycles. The maximum Gasteiger partial charge on any atom is 0.255 e. The Hall–Kier alpha value is -3.07. The van der Waals surface area contributed by atoms with E-state index in [1.807, 2.05) is 12.1 Å². The van der Waals surface area contributed by atoms with E-state index in [1.54, 1.807) is 37.4 Å². The largest absolute Gasteiger partial charge is 0.493 e. The molecule has 0 atom stereocenters.